The number of aromatic nitrogens is 2. The van der Waals surface area contributed by atoms with Gasteiger partial charge in [-0.2, -0.15) is 4.98 Å². The highest BCUT2D eigenvalue weighted by molar-refractivity contribution is 5.97. The molecule has 2 aromatic carbocycles. The van der Waals surface area contributed by atoms with Crippen LogP contribution in [0.25, 0.3) is 11.4 Å². The third-order valence-corrected chi connectivity index (χ3v) is 5.02. The van der Waals surface area contributed by atoms with Crippen LogP contribution in [0.2, 0.25) is 0 Å². The molecule has 156 valence electrons. The average Bonchev–Trinajstić information content (AvgIpc) is 3.41. The fourth-order valence-electron chi connectivity index (χ4n) is 3.50. The molecular formula is C22H23N3O5. The number of ether oxygens (including phenoxy) is 3. The second kappa shape index (κ2) is 8.44. The van der Waals surface area contributed by atoms with E-state index in [0.717, 1.165) is 11.3 Å². The summed E-state index contributed by atoms with van der Waals surface area (Å²) in [7, 11) is 3.15. The van der Waals surface area contributed by atoms with Gasteiger partial charge in [-0.25, -0.2) is 0 Å². The Morgan fingerprint density at radius 3 is 2.57 bits per heavy atom. The molecule has 0 aliphatic carbocycles. The van der Waals surface area contributed by atoms with Gasteiger partial charge in [-0.15, -0.1) is 0 Å². The summed E-state index contributed by atoms with van der Waals surface area (Å²) in [5.74, 6) is 2.75. The lowest BCUT2D eigenvalue weighted by molar-refractivity contribution is -0.117. The third kappa shape index (κ3) is 3.80. The summed E-state index contributed by atoms with van der Waals surface area (Å²) in [4.78, 5) is 18.9. The predicted molar refractivity (Wildman–Crippen MR) is 110 cm³/mol. The second-order valence-electron chi connectivity index (χ2n) is 6.86. The van der Waals surface area contributed by atoms with Crippen molar-refractivity contribution in [3.05, 3.63) is 48.4 Å². The molecule has 0 saturated carbocycles. The highest BCUT2D eigenvalue weighted by atomic mass is 16.5. The van der Waals surface area contributed by atoms with Crippen molar-refractivity contribution in [1.82, 2.24) is 10.1 Å². The van der Waals surface area contributed by atoms with Crippen molar-refractivity contribution in [3.8, 4) is 28.6 Å². The molecule has 0 radical (unpaired) electrons. The van der Waals surface area contributed by atoms with Gasteiger partial charge in [0.1, 0.15) is 17.2 Å². The van der Waals surface area contributed by atoms with E-state index < -0.39 is 0 Å². The molecule has 1 amide bonds. The van der Waals surface area contributed by atoms with Crippen LogP contribution in [0.4, 0.5) is 5.69 Å². The second-order valence-corrected chi connectivity index (χ2v) is 6.86. The molecule has 3 aromatic rings. The van der Waals surface area contributed by atoms with E-state index in [-0.39, 0.29) is 11.8 Å². The van der Waals surface area contributed by atoms with Crippen molar-refractivity contribution in [3.63, 3.8) is 0 Å². The Balaban J connectivity index is 1.52. The molecule has 1 aliphatic heterocycles. The molecular weight excluding hydrogens is 386 g/mol. The smallest absolute Gasteiger partial charge is 0.232 e. The molecule has 4 rings (SSSR count). The van der Waals surface area contributed by atoms with E-state index in [0.29, 0.717) is 48.5 Å². The van der Waals surface area contributed by atoms with Crippen LogP contribution in [0, 0.1) is 0 Å². The standard InChI is InChI=1S/C22H23N3O5/c1-4-29-16-7-5-14(6-8-16)21-23-22(30-24-21)15-11-20(26)25(13-15)18-10-9-17(27-2)12-19(18)28-3/h5-10,12,15H,4,11,13H2,1-3H3. The van der Waals surface area contributed by atoms with E-state index in [1.165, 1.54) is 0 Å². The van der Waals surface area contributed by atoms with E-state index in [9.17, 15) is 4.79 Å². The first-order valence-electron chi connectivity index (χ1n) is 9.72. The van der Waals surface area contributed by atoms with Crippen molar-refractivity contribution in [2.45, 2.75) is 19.3 Å². The number of carbonyl (C=O) groups is 1. The number of hydrogen-bond acceptors (Lipinski definition) is 7. The van der Waals surface area contributed by atoms with E-state index in [4.69, 9.17) is 18.7 Å². The van der Waals surface area contributed by atoms with Crippen LogP contribution in [-0.2, 0) is 4.79 Å². The van der Waals surface area contributed by atoms with Gasteiger partial charge in [0.15, 0.2) is 0 Å². The lowest BCUT2D eigenvalue weighted by atomic mass is 10.1. The number of nitrogens with zero attached hydrogens (tertiary/aromatic N) is 3. The van der Waals surface area contributed by atoms with Crippen molar-refractivity contribution < 1.29 is 23.5 Å². The summed E-state index contributed by atoms with van der Waals surface area (Å²) >= 11 is 0. The van der Waals surface area contributed by atoms with Crippen LogP contribution in [0.1, 0.15) is 25.2 Å². The summed E-state index contributed by atoms with van der Waals surface area (Å²) in [6, 6.07) is 12.9. The lowest BCUT2D eigenvalue weighted by Gasteiger charge is -2.19. The van der Waals surface area contributed by atoms with Crippen molar-refractivity contribution in [1.29, 1.82) is 0 Å². The van der Waals surface area contributed by atoms with Crippen LogP contribution in [0.3, 0.4) is 0 Å². The molecule has 2 heterocycles. The average molecular weight is 409 g/mol. The molecule has 1 aliphatic rings. The first-order chi connectivity index (χ1) is 14.6. The van der Waals surface area contributed by atoms with Gasteiger partial charge >= 0.3 is 0 Å². The monoisotopic (exact) mass is 409 g/mol. The summed E-state index contributed by atoms with van der Waals surface area (Å²) in [5.41, 5.74) is 1.52. The molecule has 0 bridgehead atoms. The minimum absolute atomic E-state index is 0.0238. The van der Waals surface area contributed by atoms with Gasteiger partial charge in [-0.05, 0) is 43.3 Å². The lowest BCUT2D eigenvalue weighted by Crippen LogP contribution is -2.24. The molecule has 1 fully saturated rings. The van der Waals surface area contributed by atoms with E-state index in [1.54, 1.807) is 31.3 Å². The molecule has 1 aromatic heterocycles. The number of amides is 1. The number of methoxy groups -OCH3 is 2. The quantitative estimate of drug-likeness (QED) is 0.588. The maximum absolute atomic E-state index is 12.7. The van der Waals surface area contributed by atoms with Gasteiger partial charge < -0.3 is 23.6 Å². The highest BCUT2D eigenvalue weighted by Gasteiger charge is 2.36. The largest absolute Gasteiger partial charge is 0.497 e. The minimum Gasteiger partial charge on any atom is -0.497 e. The topological polar surface area (TPSA) is 86.9 Å². The molecule has 1 unspecified atom stereocenters. The summed E-state index contributed by atoms with van der Waals surface area (Å²) in [5, 5.41) is 4.09. The van der Waals surface area contributed by atoms with Crippen LogP contribution in [0.5, 0.6) is 17.2 Å². The molecule has 0 N–H and O–H groups in total. The van der Waals surface area contributed by atoms with Gasteiger partial charge in [0, 0.05) is 24.6 Å². The zero-order valence-corrected chi connectivity index (χ0v) is 17.1. The van der Waals surface area contributed by atoms with Gasteiger partial charge in [-0.3, -0.25) is 4.79 Å². The molecule has 0 spiro atoms. The van der Waals surface area contributed by atoms with Crippen LogP contribution in [0.15, 0.2) is 47.0 Å². The number of carbonyl (C=O) groups excluding carboxylic acids is 1. The fraction of sp³-hybridized carbons (Fsp3) is 0.318. The van der Waals surface area contributed by atoms with E-state index in [2.05, 4.69) is 10.1 Å². The predicted octanol–water partition coefficient (Wildman–Crippen LogP) is 3.67. The molecule has 8 heteroatoms. The zero-order valence-electron chi connectivity index (χ0n) is 17.1. The summed E-state index contributed by atoms with van der Waals surface area (Å²) < 4.78 is 21.6. The summed E-state index contributed by atoms with van der Waals surface area (Å²) in [6.45, 7) is 2.98. The number of anilines is 1. The normalized spacial score (nSPS) is 16.0. The van der Waals surface area contributed by atoms with Crippen molar-refractivity contribution in [2.75, 3.05) is 32.3 Å². The van der Waals surface area contributed by atoms with Gasteiger partial charge in [0.25, 0.3) is 0 Å². The first kappa shape index (κ1) is 19.8. The maximum Gasteiger partial charge on any atom is 0.232 e. The maximum atomic E-state index is 12.7. The van der Waals surface area contributed by atoms with Gasteiger partial charge in [0.2, 0.25) is 17.6 Å². The Bertz CT molecular complexity index is 1030. The van der Waals surface area contributed by atoms with E-state index in [1.807, 2.05) is 37.3 Å². The van der Waals surface area contributed by atoms with Crippen LogP contribution < -0.4 is 19.1 Å². The number of benzene rings is 2. The van der Waals surface area contributed by atoms with Crippen molar-refractivity contribution >= 4 is 11.6 Å². The van der Waals surface area contributed by atoms with Gasteiger partial charge in [0.05, 0.1) is 32.4 Å². The highest BCUT2D eigenvalue weighted by Crippen LogP contribution is 2.38. The SMILES string of the molecule is CCOc1ccc(-c2noc(C3CC(=O)N(c4ccc(OC)cc4OC)C3)n2)cc1. The number of hydrogen-bond donors (Lipinski definition) is 0. The number of rotatable bonds is 7. The molecule has 8 nitrogen and oxygen atoms in total. The Kier molecular flexibility index (Phi) is 5.56. The third-order valence-electron chi connectivity index (χ3n) is 5.02. The summed E-state index contributed by atoms with van der Waals surface area (Å²) in [6.07, 6.45) is 0.292. The molecule has 1 saturated heterocycles. The fourth-order valence-corrected chi connectivity index (χ4v) is 3.50. The van der Waals surface area contributed by atoms with Crippen LogP contribution >= 0.6 is 0 Å². The van der Waals surface area contributed by atoms with Crippen molar-refractivity contribution in [2.24, 2.45) is 0 Å². The Hall–Kier alpha value is -3.55. The Morgan fingerprint density at radius 2 is 1.87 bits per heavy atom. The zero-order chi connectivity index (χ0) is 21.1. The van der Waals surface area contributed by atoms with Crippen LogP contribution in [-0.4, -0.2) is 43.4 Å². The van der Waals surface area contributed by atoms with Gasteiger partial charge in [-0.1, -0.05) is 5.16 Å². The van der Waals surface area contributed by atoms with E-state index >= 15 is 0 Å². The Labute approximate surface area is 174 Å². The Morgan fingerprint density at radius 1 is 1.10 bits per heavy atom. The molecule has 1 atom stereocenters. The minimum atomic E-state index is -0.187. The first-order valence-corrected chi connectivity index (χ1v) is 9.72. The molecule has 30 heavy (non-hydrogen) atoms.